The van der Waals surface area contributed by atoms with Gasteiger partial charge in [0.05, 0.1) is 12.1 Å². The Morgan fingerprint density at radius 1 is 1.21 bits per heavy atom. The molecule has 0 radical (unpaired) electrons. The van der Waals surface area contributed by atoms with Gasteiger partial charge in [0, 0.05) is 6.54 Å². The van der Waals surface area contributed by atoms with Gasteiger partial charge < -0.3 is 31.3 Å². The highest BCUT2D eigenvalue weighted by molar-refractivity contribution is 5.87. The molecule has 3 atom stereocenters. The van der Waals surface area contributed by atoms with E-state index in [0.717, 1.165) is 0 Å². The van der Waals surface area contributed by atoms with Gasteiger partial charge in [-0.25, -0.2) is 9.59 Å². The molecule has 9 nitrogen and oxygen atoms in total. The number of hydrogen-bond acceptors (Lipinski definition) is 6. The third kappa shape index (κ3) is 10.0. The lowest BCUT2D eigenvalue weighted by molar-refractivity contribution is -0.145. The largest absolute Gasteiger partial charge is 0.480 e. The van der Waals surface area contributed by atoms with Gasteiger partial charge in [-0.15, -0.1) is 0 Å². The van der Waals surface area contributed by atoms with Crippen molar-refractivity contribution in [1.82, 2.24) is 10.6 Å². The molecule has 0 spiro atoms. The second-order valence-corrected chi connectivity index (χ2v) is 6.60. The van der Waals surface area contributed by atoms with Crippen molar-refractivity contribution in [2.45, 2.75) is 70.7 Å². The van der Waals surface area contributed by atoms with Crippen LogP contribution in [-0.4, -0.2) is 58.5 Å². The van der Waals surface area contributed by atoms with Gasteiger partial charge in [0.15, 0.2) is 6.04 Å². The van der Waals surface area contributed by atoms with Gasteiger partial charge in [-0.3, -0.25) is 4.79 Å². The van der Waals surface area contributed by atoms with Crippen LogP contribution in [0.2, 0.25) is 0 Å². The Morgan fingerprint density at radius 3 is 2.25 bits per heavy atom. The molecule has 0 unspecified atom stereocenters. The number of carbonyl (C=O) groups is 3. The highest BCUT2D eigenvalue weighted by Gasteiger charge is 2.27. The molecule has 0 rings (SSSR count). The van der Waals surface area contributed by atoms with Gasteiger partial charge in [-0.2, -0.15) is 0 Å². The number of hydrogen-bond donors (Lipinski definition) is 5. The van der Waals surface area contributed by atoms with E-state index in [1.54, 1.807) is 20.8 Å². The Morgan fingerprint density at radius 2 is 1.79 bits per heavy atom. The predicted molar refractivity (Wildman–Crippen MR) is 87.3 cm³/mol. The van der Waals surface area contributed by atoms with Crippen LogP contribution in [0.3, 0.4) is 0 Å². The summed E-state index contributed by atoms with van der Waals surface area (Å²) in [6, 6.07) is -2.27. The maximum Gasteiger partial charge on any atom is 0.407 e. The molecule has 0 aliphatic heterocycles. The topological polar surface area (TPSA) is 151 Å². The Bertz CT molecular complexity index is 433. The molecule has 0 aliphatic rings. The monoisotopic (exact) mass is 347 g/mol. The zero-order chi connectivity index (χ0) is 18.9. The number of amides is 2. The quantitative estimate of drug-likeness (QED) is 0.367. The average Bonchev–Trinajstić information content (AvgIpc) is 2.40. The summed E-state index contributed by atoms with van der Waals surface area (Å²) >= 11 is 0. The van der Waals surface area contributed by atoms with E-state index in [4.69, 9.17) is 15.6 Å². The van der Waals surface area contributed by atoms with E-state index < -0.39 is 41.8 Å². The zero-order valence-corrected chi connectivity index (χ0v) is 14.7. The first kappa shape index (κ1) is 22.1. The Kier molecular flexibility index (Phi) is 9.30. The fourth-order valence-corrected chi connectivity index (χ4v) is 1.77. The Labute approximate surface area is 141 Å². The Balaban J connectivity index is 4.01. The summed E-state index contributed by atoms with van der Waals surface area (Å²) in [6.45, 7) is 6.95. The lowest BCUT2D eigenvalue weighted by Crippen LogP contribution is -2.52. The van der Waals surface area contributed by atoms with Crippen LogP contribution < -0.4 is 16.4 Å². The van der Waals surface area contributed by atoms with Crippen LogP contribution in [0, 0.1) is 0 Å². The number of ether oxygens (including phenoxy) is 1. The lowest BCUT2D eigenvalue weighted by atomic mass is 10.1. The molecule has 0 fully saturated rings. The minimum absolute atomic E-state index is 0.327. The normalized spacial score (nSPS) is 15.1. The second kappa shape index (κ2) is 10.1. The van der Waals surface area contributed by atoms with Crippen LogP contribution in [0.5, 0.6) is 0 Å². The third-order valence-electron chi connectivity index (χ3n) is 2.99. The molecule has 6 N–H and O–H groups in total. The van der Waals surface area contributed by atoms with E-state index in [1.165, 1.54) is 6.92 Å². The van der Waals surface area contributed by atoms with E-state index in [2.05, 4.69) is 10.6 Å². The highest BCUT2D eigenvalue weighted by atomic mass is 16.6. The molecule has 0 heterocycles. The highest BCUT2D eigenvalue weighted by Crippen LogP contribution is 2.06. The number of aliphatic hydroxyl groups excluding tert-OH is 1. The van der Waals surface area contributed by atoms with Crippen molar-refractivity contribution in [3.05, 3.63) is 0 Å². The number of unbranched alkanes of at least 4 members (excludes halogenated alkanes) is 1. The molecule has 0 bridgehead atoms. The first-order valence-corrected chi connectivity index (χ1v) is 7.87. The van der Waals surface area contributed by atoms with Gasteiger partial charge >= 0.3 is 12.1 Å². The summed E-state index contributed by atoms with van der Waals surface area (Å²) < 4.78 is 5.07. The Hall–Kier alpha value is -1.87. The molecule has 0 aromatic rings. The average molecular weight is 347 g/mol. The summed E-state index contributed by atoms with van der Waals surface area (Å²) in [4.78, 5) is 34.1. The van der Waals surface area contributed by atoms with Gasteiger partial charge in [-0.1, -0.05) is 0 Å². The van der Waals surface area contributed by atoms with Crippen LogP contribution in [0.25, 0.3) is 0 Å². The standard InChI is InChI=1S/C15H29N3O6/c1-9(19)11(13(21)22)18-12(20)10(16)7-5-6-8-17-14(23)24-15(2,3)4/h9-11,19H,5-8,16H2,1-4H3,(H,17,23)(H,18,20)(H,21,22)/t9-,10+,11+/m1/s1. The number of alkyl carbamates (subject to hydrolysis) is 1. The van der Waals surface area contributed by atoms with Crippen LogP contribution in [-0.2, 0) is 14.3 Å². The van der Waals surface area contributed by atoms with Crippen LogP contribution in [0.4, 0.5) is 4.79 Å². The van der Waals surface area contributed by atoms with Gasteiger partial charge in [0.25, 0.3) is 0 Å². The summed E-state index contributed by atoms with van der Waals surface area (Å²) in [7, 11) is 0. The second-order valence-electron chi connectivity index (χ2n) is 6.60. The SMILES string of the molecule is C[C@@H](O)[C@H](NC(=O)[C@@H](N)CCCCNC(=O)OC(C)(C)C)C(=O)O. The number of nitrogens with two attached hydrogens (primary N) is 1. The number of aliphatic carboxylic acids is 1. The summed E-state index contributed by atoms with van der Waals surface area (Å²) in [5.41, 5.74) is 5.13. The van der Waals surface area contributed by atoms with Crippen molar-refractivity contribution < 1.29 is 29.3 Å². The number of carbonyl (C=O) groups excluding carboxylic acids is 2. The summed E-state index contributed by atoms with van der Waals surface area (Å²) in [5, 5.41) is 23.0. The molecule has 24 heavy (non-hydrogen) atoms. The van der Waals surface area contributed by atoms with Crippen LogP contribution in [0.1, 0.15) is 47.0 Å². The number of nitrogens with one attached hydrogen (secondary N) is 2. The van der Waals surface area contributed by atoms with Crippen molar-refractivity contribution in [2.75, 3.05) is 6.54 Å². The molecule has 0 aromatic carbocycles. The number of carboxylic acid groups (broad SMARTS) is 1. The smallest absolute Gasteiger partial charge is 0.407 e. The number of rotatable bonds is 9. The molecule has 0 aliphatic carbocycles. The number of carboxylic acids is 1. The maximum absolute atomic E-state index is 11.8. The molecular weight excluding hydrogens is 318 g/mol. The molecular formula is C15H29N3O6. The first-order valence-electron chi connectivity index (χ1n) is 7.87. The maximum atomic E-state index is 11.8. The zero-order valence-electron chi connectivity index (χ0n) is 14.7. The van der Waals surface area contributed by atoms with Gasteiger partial charge in [0.2, 0.25) is 5.91 Å². The summed E-state index contributed by atoms with van der Waals surface area (Å²) in [6.07, 6.45) is -0.244. The van der Waals surface area contributed by atoms with E-state index in [1.807, 2.05) is 0 Å². The van der Waals surface area contributed by atoms with E-state index in [9.17, 15) is 19.5 Å². The van der Waals surface area contributed by atoms with Crippen molar-refractivity contribution in [3.63, 3.8) is 0 Å². The number of aliphatic hydroxyl groups is 1. The van der Waals surface area contributed by atoms with E-state index in [-0.39, 0.29) is 0 Å². The summed E-state index contributed by atoms with van der Waals surface area (Å²) in [5.74, 6) is -1.96. The molecule has 9 heteroatoms. The molecule has 0 aromatic heterocycles. The van der Waals surface area contributed by atoms with Crippen molar-refractivity contribution in [2.24, 2.45) is 5.73 Å². The van der Waals surface area contributed by atoms with Crippen LogP contribution >= 0.6 is 0 Å². The molecule has 0 saturated carbocycles. The van der Waals surface area contributed by atoms with Crippen LogP contribution in [0.15, 0.2) is 0 Å². The molecule has 2 amide bonds. The minimum atomic E-state index is -1.39. The van der Waals surface area contributed by atoms with Gasteiger partial charge in [0.1, 0.15) is 5.60 Å². The van der Waals surface area contributed by atoms with Crippen molar-refractivity contribution >= 4 is 18.0 Å². The van der Waals surface area contributed by atoms with Crippen molar-refractivity contribution in [1.29, 1.82) is 0 Å². The molecule has 140 valence electrons. The first-order chi connectivity index (χ1) is 10.9. The van der Waals surface area contributed by atoms with E-state index in [0.29, 0.717) is 25.8 Å². The van der Waals surface area contributed by atoms with Gasteiger partial charge in [-0.05, 0) is 47.0 Å². The predicted octanol–water partition coefficient (Wildman–Crippen LogP) is -0.0411. The fraction of sp³-hybridized carbons (Fsp3) is 0.800. The minimum Gasteiger partial charge on any atom is -0.480 e. The lowest BCUT2D eigenvalue weighted by Gasteiger charge is -2.20. The van der Waals surface area contributed by atoms with Crippen molar-refractivity contribution in [3.8, 4) is 0 Å². The fourth-order valence-electron chi connectivity index (χ4n) is 1.77. The van der Waals surface area contributed by atoms with E-state index >= 15 is 0 Å². The third-order valence-corrected chi connectivity index (χ3v) is 2.99. The molecule has 0 saturated heterocycles.